The number of rotatable bonds is 0. The molecule has 0 saturated heterocycles. The van der Waals surface area contributed by atoms with Crippen LogP contribution in [0.4, 0.5) is 0 Å². The molecule has 0 aromatic carbocycles. The normalized spacial score (nSPS) is 38.0. The molecule has 2 aliphatic carbocycles. The van der Waals surface area contributed by atoms with Gasteiger partial charge in [-0.1, -0.05) is 38.5 Å². The van der Waals surface area contributed by atoms with Gasteiger partial charge in [0.05, 0.1) is 0 Å². The van der Waals surface area contributed by atoms with E-state index in [1.165, 1.54) is 38.5 Å². The highest BCUT2D eigenvalue weighted by Crippen LogP contribution is 2.15. The Labute approximate surface area is 112 Å². The summed E-state index contributed by atoms with van der Waals surface area (Å²) in [7, 11) is 0. The molecule has 0 aromatic heterocycles. The minimum atomic E-state index is 0.271. The molecule has 2 saturated carbocycles. The molecule has 8 N–H and O–H groups in total. The van der Waals surface area contributed by atoms with Gasteiger partial charge in [0.1, 0.15) is 0 Å². The fourth-order valence-electron chi connectivity index (χ4n) is 2.73. The molecule has 0 bridgehead atoms. The summed E-state index contributed by atoms with van der Waals surface area (Å²) in [5, 5.41) is 0. The maximum Gasteiger partial charge on any atom is 0.0192 e. The second-order valence-corrected chi connectivity index (χ2v) is 5.93. The average Bonchev–Trinajstić information content (AvgIpc) is 2.65. The highest BCUT2D eigenvalue weighted by Gasteiger charge is 2.15. The Bertz CT molecular complexity index is 168. The summed E-state index contributed by atoms with van der Waals surface area (Å²) in [6, 6.07) is 1.08. The van der Waals surface area contributed by atoms with Crippen molar-refractivity contribution in [2.75, 3.05) is 0 Å². The molecule has 2 rings (SSSR count). The molecule has 2 fully saturated rings. The minimum Gasteiger partial charge on any atom is -0.326 e. The summed E-state index contributed by atoms with van der Waals surface area (Å²) in [6.45, 7) is 0. The van der Waals surface area contributed by atoms with Crippen LogP contribution in [0.5, 0.6) is 0 Å². The maximum atomic E-state index is 5.75. The SMILES string of the molecule is NC1CCCCCC1N.NC1CCCCCC1N. The van der Waals surface area contributed by atoms with Gasteiger partial charge in [0.15, 0.2) is 0 Å². The van der Waals surface area contributed by atoms with Crippen LogP contribution in [-0.2, 0) is 0 Å². The molecule has 4 nitrogen and oxygen atoms in total. The molecule has 18 heavy (non-hydrogen) atoms. The van der Waals surface area contributed by atoms with E-state index >= 15 is 0 Å². The lowest BCUT2D eigenvalue weighted by Crippen LogP contribution is -2.40. The van der Waals surface area contributed by atoms with Gasteiger partial charge >= 0.3 is 0 Å². The fourth-order valence-corrected chi connectivity index (χ4v) is 2.73. The monoisotopic (exact) mass is 256 g/mol. The molecule has 2 aliphatic rings. The first kappa shape index (κ1) is 15.9. The topological polar surface area (TPSA) is 104 Å². The van der Waals surface area contributed by atoms with Crippen molar-refractivity contribution in [2.45, 2.75) is 88.4 Å². The zero-order valence-electron chi connectivity index (χ0n) is 11.7. The zero-order chi connectivity index (χ0) is 13.4. The van der Waals surface area contributed by atoms with Crippen LogP contribution in [0.2, 0.25) is 0 Å². The van der Waals surface area contributed by atoms with Gasteiger partial charge < -0.3 is 22.9 Å². The summed E-state index contributed by atoms with van der Waals surface area (Å²) in [6.07, 6.45) is 12.2. The fraction of sp³-hybridized carbons (Fsp3) is 1.00. The van der Waals surface area contributed by atoms with Crippen LogP contribution in [0.15, 0.2) is 0 Å². The molecule has 0 amide bonds. The second-order valence-electron chi connectivity index (χ2n) is 5.93. The van der Waals surface area contributed by atoms with Gasteiger partial charge in [-0.3, -0.25) is 0 Å². The van der Waals surface area contributed by atoms with Gasteiger partial charge in [0.25, 0.3) is 0 Å². The van der Waals surface area contributed by atoms with Crippen LogP contribution in [0.1, 0.15) is 64.2 Å². The Hall–Kier alpha value is -0.160. The van der Waals surface area contributed by atoms with E-state index in [1.54, 1.807) is 0 Å². The molecular formula is C14H32N4. The van der Waals surface area contributed by atoms with Crippen molar-refractivity contribution in [3.8, 4) is 0 Å². The highest BCUT2D eigenvalue weighted by molar-refractivity contribution is 4.79. The van der Waals surface area contributed by atoms with E-state index in [1.807, 2.05) is 0 Å². The largest absolute Gasteiger partial charge is 0.326 e. The van der Waals surface area contributed by atoms with Crippen molar-refractivity contribution in [2.24, 2.45) is 22.9 Å². The Morgan fingerprint density at radius 2 is 0.611 bits per heavy atom. The summed E-state index contributed by atoms with van der Waals surface area (Å²) in [4.78, 5) is 0. The van der Waals surface area contributed by atoms with Gasteiger partial charge in [-0.25, -0.2) is 0 Å². The van der Waals surface area contributed by atoms with Crippen LogP contribution in [0.25, 0.3) is 0 Å². The standard InChI is InChI=1S/2C7H16N2/c2*8-6-4-2-1-3-5-7(6)9/h2*6-7H,1-5,8-9H2. The third-order valence-corrected chi connectivity index (χ3v) is 4.25. The van der Waals surface area contributed by atoms with Gasteiger partial charge in [0, 0.05) is 24.2 Å². The van der Waals surface area contributed by atoms with Crippen molar-refractivity contribution < 1.29 is 0 Å². The lowest BCUT2D eigenvalue weighted by Gasteiger charge is -2.14. The Balaban J connectivity index is 0.000000180. The van der Waals surface area contributed by atoms with Crippen molar-refractivity contribution >= 4 is 0 Å². The van der Waals surface area contributed by atoms with Crippen molar-refractivity contribution in [3.63, 3.8) is 0 Å². The van der Waals surface area contributed by atoms with Crippen molar-refractivity contribution in [3.05, 3.63) is 0 Å². The quantitative estimate of drug-likeness (QED) is 0.489. The van der Waals surface area contributed by atoms with Crippen molar-refractivity contribution in [1.82, 2.24) is 0 Å². The molecule has 0 radical (unpaired) electrons. The lowest BCUT2D eigenvalue weighted by atomic mass is 10.1. The Morgan fingerprint density at radius 1 is 0.389 bits per heavy atom. The first-order valence-electron chi connectivity index (χ1n) is 7.63. The Kier molecular flexibility index (Phi) is 7.82. The van der Waals surface area contributed by atoms with Crippen LogP contribution in [0, 0.1) is 0 Å². The first-order valence-corrected chi connectivity index (χ1v) is 7.63. The van der Waals surface area contributed by atoms with E-state index in [0.717, 1.165) is 25.7 Å². The van der Waals surface area contributed by atoms with E-state index in [2.05, 4.69) is 0 Å². The third-order valence-electron chi connectivity index (χ3n) is 4.25. The minimum absolute atomic E-state index is 0.271. The summed E-state index contributed by atoms with van der Waals surface area (Å²) in [5.41, 5.74) is 23.0. The molecule has 0 spiro atoms. The first-order chi connectivity index (χ1) is 8.61. The van der Waals surface area contributed by atoms with Crippen LogP contribution in [0.3, 0.4) is 0 Å². The zero-order valence-corrected chi connectivity index (χ0v) is 11.7. The molecule has 4 heteroatoms. The molecule has 0 aromatic rings. The summed E-state index contributed by atoms with van der Waals surface area (Å²) < 4.78 is 0. The smallest absolute Gasteiger partial charge is 0.0192 e. The lowest BCUT2D eigenvalue weighted by molar-refractivity contribution is 0.500. The molecule has 4 atom stereocenters. The molecule has 0 heterocycles. The number of hydrogen-bond acceptors (Lipinski definition) is 4. The predicted molar refractivity (Wildman–Crippen MR) is 78.1 cm³/mol. The summed E-state index contributed by atoms with van der Waals surface area (Å²) in [5.74, 6) is 0. The van der Waals surface area contributed by atoms with E-state index in [4.69, 9.17) is 22.9 Å². The molecule has 4 unspecified atom stereocenters. The predicted octanol–water partition coefficient (Wildman–Crippen LogP) is 1.21. The van der Waals surface area contributed by atoms with E-state index in [9.17, 15) is 0 Å². The average molecular weight is 256 g/mol. The maximum absolute atomic E-state index is 5.75. The molecule has 0 aliphatic heterocycles. The van der Waals surface area contributed by atoms with Gasteiger partial charge in [-0.15, -0.1) is 0 Å². The van der Waals surface area contributed by atoms with E-state index in [-0.39, 0.29) is 24.2 Å². The third kappa shape index (κ3) is 6.14. The van der Waals surface area contributed by atoms with Gasteiger partial charge in [0.2, 0.25) is 0 Å². The van der Waals surface area contributed by atoms with Gasteiger partial charge in [-0.2, -0.15) is 0 Å². The Morgan fingerprint density at radius 3 is 0.833 bits per heavy atom. The molecular weight excluding hydrogens is 224 g/mol. The van der Waals surface area contributed by atoms with E-state index in [0.29, 0.717) is 0 Å². The number of hydrogen-bond donors (Lipinski definition) is 4. The van der Waals surface area contributed by atoms with E-state index < -0.39 is 0 Å². The van der Waals surface area contributed by atoms with Crippen LogP contribution < -0.4 is 22.9 Å². The second kappa shape index (κ2) is 8.86. The highest BCUT2D eigenvalue weighted by atomic mass is 14.8. The van der Waals surface area contributed by atoms with Gasteiger partial charge in [-0.05, 0) is 25.7 Å². The van der Waals surface area contributed by atoms with Crippen LogP contribution in [-0.4, -0.2) is 24.2 Å². The van der Waals surface area contributed by atoms with Crippen molar-refractivity contribution in [1.29, 1.82) is 0 Å². The summed E-state index contributed by atoms with van der Waals surface area (Å²) >= 11 is 0. The van der Waals surface area contributed by atoms with Crippen LogP contribution >= 0.6 is 0 Å². The number of nitrogens with two attached hydrogens (primary N) is 4. The molecule has 108 valence electrons.